The predicted octanol–water partition coefficient (Wildman–Crippen LogP) is 4.09. The summed E-state index contributed by atoms with van der Waals surface area (Å²) in [6.45, 7) is 3.97. The molecule has 0 saturated heterocycles. The third-order valence-electron chi connectivity index (χ3n) is 3.72. The number of thioether (sulfide) groups is 1. The van der Waals surface area contributed by atoms with E-state index in [1.54, 1.807) is 7.11 Å². The van der Waals surface area contributed by atoms with Crippen molar-refractivity contribution in [1.29, 1.82) is 0 Å². The maximum Gasteiger partial charge on any atom is 0.322 e. The first kappa shape index (κ1) is 18.0. The molecule has 0 radical (unpaired) electrons. The van der Waals surface area contributed by atoms with Crippen LogP contribution >= 0.6 is 11.8 Å². The molecule has 2 aromatic carbocycles. The van der Waals surface area contributed by atoms with Crippen LogP contribution in [0.4, 0.5) is 6.01 Å². The Kier molecular flexibility index (Phi) is 5.58. The Morgan fingerprint density at radius 1 is 1.15 bits per heavy atom. The quantitative estimate of drug-likeness (QED) is 0.660. The summed E-state index contributed by atoms with van der Waals surface area (Å²) < 4.78 is 10.7. The highest BCUT2D eigenvalue weighted by molar-refractivity contribution is 8.00. The molecule has 1 heterocycles. The number of nitrogens with zero attached hydrogens (tertiary/aromatic N) is 2. The van der Waals surface area contributed by atoms with Crippen LogP contribution in [0.2, 0.25) is 0 Å². The van der Waals surface area contributed by atoms with Gasteiger partial charge in [0, 0.05) is 10.5 Å². The van der Waals surface area contributed by atoms with Gasteiger partial charge in [-0.25, -0.2) is 0 Å². The van der Waals surface area contributed by atoms with Gasteiger partial charge in [0.2, 0.25) is 11.8 Å². The third-order valence-corrected chi connectivity index (χ3v) is 4.74. The Morgan fingerprint density at radius 3 is 2.65 bits per heavy atom. The summed E-state index contributed by atoms with van der Waals surface area (Å²) in [5.74, 6) is 1.21. The summed E-state index contributed by atoms with van der Waals surface area (Å²) in [7, 11) is 1.62. The first-order chi connectivity index (χ1) is 12.5. The van der Waals surface area contributed by atoms with Crippen LogP contribution in [-0.2, 0) is 4.79 Å². The number of aryl methyl sites for hydroxylation is 2. The molecular formula is C19H19N3O3S. The molecule has 0 aliphatic heterocycles. The average molecular weight is 369 g/mol. The Labute approximate surface area is 156 Å². The van der Waals surface area contributed by atoms with Gasteiger partial charge in [0.05, 0.1) is 12.9 Å². The van der Waals surface area contributed by atoms with Crippen molar-refractivity contribution < 1.29 is 13.9 Å². The molecule has 0 unspecified atom stereocenters. The van der Waals surface area contributed by atoms with Crippen molar-refractivity contribution in [1.82, 2.24) is 10.2 Å². The topological polar surface area (TPSA) is 77.2 Å². The number of ether oxygens (including phenoxy) is 1. The number of carbonyl (C=O) groups excluding carboxylic acids is 1. The summed E-state index contributed by atoms with van der Waals surface area (Å²) in [5.41, 5.74) is 3.00. The average Bonchev–Trinajstić information content (AvgIpc) is 3.10. The highest BCUT2D eigenvalue weighted by Crippen LogP contribution is 2.25. The molecule has 1 N–H and O–H groups in total. The van der Waals surface area contributed by atoms with Gasteiger partial charge in [-0.15, -0.1) is 16.9 Å². The van der Waals surface area contributed by atoms with E-state index in [2.05, 4.69) is 15.5 Å². The van der Waals surface area contributed by atoms with Gasteiger partial charge in [0.1, 0.15) is 5.75 Å². The molecule has 0 saturated carbocycles. The lowest BCUT2D eigenvalue weighted by atomic mass is 10.1. The van der Waals surface area contributed by atoms with Crippen LogP contribution < -0.4 is 10.1 Å². The molecule has 0 atom stereocenters. The number of rotatable bonds is 6. The van der Waals surface area contributed by atoms with Gasteiger partial charge in [0.25, 0.3) is 0 Å². The van der Waals surface area contributed by atoms with Crippen molar-refractivity contribution in [3.63, 3.8) is 0 Å². The fourth-order valence-electron chi connectivity index (χ4n) is 2.33. The van der Waals surface area contributed by atoms with E-state index < -0.39 is 0 Å². The van der Waals surface area contributed by atoms with Crippen molar-refractivity contribution in [2.75, 3.05) is 18.2 Å². The van der Waals surface area contributed by atoms with Gasteiger partial charge in [0.15, 0.2) is 0 Å². The fourth-order valence-corrected chi connectivity index (χ4v) is 3.02. The van der Waals surface area contributed by atoms with Crippen LogP contribution in [0, 0.1) is 13.8 Å². The zero-order chi connectivity index (χ0) is 18.5. The van der Waals surface area contributed by atoms with Crippen LogP contribution in [0.5, 0.6) is 5.75 Å². The summed E-state index contributed by atoms with van der Waals surface area (Å²) in [6, 6.07) is 13.6. The van der Waals surface area contributed by atoms with Gasteiger partial charge < -0.3 is 9.15 Å². The van der Waals surface area contributed by atoms with Crippen molar-refractivity contribution in [2.24, 2.45) is 0 Å². The van der Waals surface area contributed by atoms with E-state index in [9.17, 15) is 4.79 Å². The van der Waals surface area contributed by atoms with Crippen molar-refractivity contribution >= 4 is 23.7 Å². The zero-order valence-electron chi connectivity index (χ0n) is 14.8. The smallest absolute Gasteiger partial charge is 0.322 e. The third kappa shape index (κ3) is 4.43. The van der Waals surface area contributed by atoms with Crippen molar-refractivity contribution in [3.05, 3.63) is 53.6 Å². The number of hydrogen-bond donors (Lipinski definition) is 1. The maximum atomic E-state index is 12.1. The number of aromatic nitrogens is 2. The van der Waals surface area contributed by atoms with Crippen LogP contribution in [0.25, 0.3) is 11.5 Å². The number of benzene rings is 2. The van der Waals surface area contributed by atoms with E-state index in [0.717, 1.165) is 27.3 Å². The Balaban J connectivity index is 1.59. The minimum absolute atomic E-state index is 0.0984. The molecule has 3 aromatic rings. The fraction of sp³-hybridized carbons (Fsp3) is 0.211. The van der Waals surface area contributed by atoms with Gasteiger partial charge in [-0.1, -0.05) is 22.8 Å². The van der Waals surface area contributed by atoms with Crippen LogP contribution in [0.15, 0.2) is 51.8 Å². The van der Waals surface area contributed by atoms with E-state index in [-0.39, 0.29) is 17.7 Å². The lowest BCUT2D eigenvalue weighted by Crippen LogP contribution is -2.14. The van der Waals surface area contributed by atoms with Crippen LogP contribution in [0.1, 0.15) is 11.1 Å². The molecule has 0 aliphatic rings. The zero-order valence-corrected chi connectivity index (χ0v) is 15.6. The summed E-state index contributed by atoms with van der Waals surface area (Å²) in [5, 5.41) is 10.6. The van der Waals surface area contributed by atoms with Gasteiger partial charge in [-0.2, -0.15) is 0 Å². The molecule has 1 amide bonds. The van der Waals surface area contributed by atoms with Gasteiger partial charge >= 0.3 is 6.01 Å². The largest absolute Gasteiger partial charge is 0.497 e. The second kappa shape index (κ2) is 8.05. The molecule has 0 aliphatic carbocycles. The summed E-state index contributed by atoms with van der Waals surface area (Å²) in [6.07, 6.45) is 0. The lowest BCUT2D eigenvalue weighted by molar-refractivity contribution is -0.113. The van der Waals surface area contributed by atoms with E-state index in [4.69, 9.17) is 9.15 Å². The normalized spacial score (nSPS) is 10.6. The summed E-state index contributed by atoms with van der Waals surface area (Å²) >= 11 is 1.42. The molecule has 0 bridgehead atoms. The maximum absolute atomic E-state index is 12.1. The molecular weight excluding hydrogens is 350 g/mol. The van der Waals surface area contributed by atoms with E-state index >= 15 is 0 Å². The number of anilines is 1. The van der Waals surface area contributed by atoms with Gasteiger partial charge in [-0.3, -0.25) is 10.1 Å². The van der Waals surface area contributed by atoms with Crippen molar-refractivity contribution in [3.8, 4) is 17.2 Å². The number of methoxy groups -OCH3 is 1. The molecule has 6 nitrogen and oxygen atoms in total. The number of amides is 1. The molecule has 0 spiro atoms. The van der Waals surface area contributed by atoms with E-state index in [1.807, 2.05) is 56.3 Å². The molecule has 7 heteroatoms. The van der Waals surface area contributed by atoms with Crippen LogP contribution in [-0.4, -0.2) is 29.0 Å². The molecule has 0 fully saturated rings. The highest BCUT2D eigenvalue weighted by atomic mass is 32.2. The molecule has 134 valence electrons. The minimum Gasteiger partial charge on any atom is -0.497 e. The number of carbonyl (C=O) groups is 1. The lowest BCUT2D eigenvalue weighted by Gasteiger charge is -2.03. The Morgan fingerprint density at radius 2 is 1.92 bits per heavy atom. The second-order valence-corrected chi connectivity index (χ2v) is 6.79. The number of nitrogens with one attached hydrogen (secondary N) is 1. The SMILES string of the molecule is COc1ccc(SCC(=O)Nc2nnc(-c3cc(C)ccc3C)o2)cc1. The Hall–Kier alpha value is -2.80. The first-order valence-corrected chi connectivity index (χ1v) is 9.01. The van der Waals surface area contributed by atoms with Crippen molar-refractivity contribution in [2.45, 2.75) is 18.7 Å². The monoisotopic (exact) mass is 369 g/mol. The molecule has 26 heavy (non-hydrogen) atoms. The predicted molar refractivity (Wildman–Crippen MR) is 102 cm³/mol. The van der Waals surface area contributed by atoms with E-state index in [1.165, 1.54) is 11.8 Å². The standard InChI is InChI=1S/C19H19N3O3S/c1-12-4-5-13(2)16(10-12)18-21-22-19(25-18)20-17(23)11-26-15-8-6-14(24-3)7-9-15/h4-10H,11H2,1-3H3,(H,20,22,23). The minimum atomic E-state index is -0.206. The highest BCUT2D eigenvalue weighted by Gasteiger charge is 2.13. The number of hydrogen-bond acceptors (Lipinski definition) is 6. The van der Waals surface area contributed by atoms with Gasteiger partial charge in [-0.05, 0) is 49.7 Å². The summed E-state index contributed by atoms with van der Waals surface area (Å²) in [4.78, 5) is 13.1. The van der Waals surface area contributed by atoms with E-state index in [0.29, 0.717) is 5.89 Å². The molecule has 3 rings (SSSR count). The van der Waals surface area contributed by atoms with Crippen LogP contribution in [0.3, 0.4) is 0 Å². The Bertz CT molecular complexity index is 907. The molecule has 1 aromatic heterocycles. The first-order valence-electron chi connectivity index (χ1n) is 8.03. The second-order valence-electron chi connectivity index (χ2n) is 5.74.